The van der Waals surface area contributed by atoms with E-state index in [0.29, 0.717) is 12.8 Å². The van der Waals surface area contributed by atoms with Crippen molar-refractivity contribution in [3.05, 3.63) is 54.1 Å². The summed E-state index contributed by atoms with van der Waals surface area (Å²) in [5.41, 5.74) is 9.60. The lowest BCUT2D eigenvalue weighted by Crippen LogP contribution is -2.46. The van der Waals surface area contributed by atoms with Crippen LogP contribution in [0.1, 0.15) is 24.8 Å². The van der Waals surface area contributed by atoms with Crippen molar-refractivity contribution in [3.8, 4) is 17.0 Å². The van der Waals surface area contributed by atoms with E-state index in [1.54, 1.807) is 7.11 Å². The molecule has 7 nitrogen and oxygen atoms in total. The third-order valence-electron chi connectivity index (χ3n) is 6.13. The molecule has 0 radical (unpaired) electrons. The van der Waals surface area contributed by atoms with Crippen LogP contribution in [0.15, 0.2) is 48.5 Å². The van der Waals surface area contributed by atoms with Crippen LogP contribution in [0.4, 0.5) is 0 Å². The van der Waals surface area contributed by atoms with Crippen LogP contribution in [0.25, 0.3) is 22.2 Å². The van der Waals surface area contributed by atoms with E-state index in [1.807, 2.05) is 41.3 Å². The van der Waals surface area contributed by atoms with Crippen LogP contribution in [-0.4, -0.2) is 54.5 Å². The molecule has 2 amide bonds. The number of aryl methyl sites for hydroxylation is 1. The van der Waals surface area contributed by atoms with Crippen molar-refractivity contribution >= 4 is 22.7 Å². The third kappa shape index (κ3) is 5.11. The van der Waals surface area contributed by atoms with Crippen molar-refractivity contribution in [3.63, 3.8) is 0 Å². The molecule has 168 valence electrons. The van der Waals surface area contributed by atoms with Gasteiger partial charge in [-0.3, -0.25) is 14.5 Å². The molecule has 1 aromatic heterocycles. The number of hydrogen-bond acceptors (Lipinski definition) is 4. The lowest BCUT2D eigenvalue weighted by molar-refractivity contribution is -0.123. The molecule has 0 unspecified atom stereocenters. The Balaban J connectivity index is 1.42. The maximum absolute atomic E-state index is 12.7. The molecule has 2 heterocycles. The molecule has 2 aromatic carbocycles. The zero-order chi connectivity index (χ0) is 22.5. The monoisotopic (exact) mass is 434 g/mol. The number of piperidine rings is 1. The Hall–Kier alpha value is -3.32. The highest BCUT2D eigenvalue weighted by Crippen LogP contribution is 2.32. The van der Waals surface area contributed by atoms with Crippen molar-refractivity contribution in [1.82, 2.24) is 15.2 Å². The molecule has 7 heteroatoms. The first-order valence-corrected chi connectivity index (χ1v) is 11.1. The van der Waals surface area contributed by atoms with Crippen LogP contribution < -0.4 is 15.8 Å². The topological polar surface area (TPSA) is 100 Å². The average Bonchev–Trinajstić information content (AvgIpc) is 3.17. The normalized spacial score (nSPS) is 15.0. The van der Waals surface area contributed by atoms with Gasteiger partial charge in [0.05, 0.1) is 13.7 Å². The van der Waals surface area contributed by atoms with Crippen LogP contribution in [0, 0.1) is 0 Å². The Morgan fingerprint density at radius 2 is 1.84 bits per heavy atom. The lowest BCUT2D eigenvalue weighted by Gasteiger charge is -2.31. The molecule has 0 spiro atoms. The summed E-state index contributed by atoms with van der Waals surface area (Å²) in [5.74, 6) is 0.566. The summed E-state index contributed by atoms with van der Waals surface area (Å²) in [4.78, 5) is 29.4. The maximum Gasteiger partial charge on any atom is 0.231 e. The van der Waals surface area contributed by atoms with Crippen molar-refractivity contribution in [1.29, 1.82) is 0 Å². The summed E-state index contributed by atoms with van der Waals surface area (Å²) in [6.07, 6.45) is 2.75. The Labute approximate surface area is 187 Å². The number of nitrogens with one attached hydrogen (secondary N) is 2. The van der Waals surface area contributed by atoms with Crippen LogP contribution in [-0.2, 0) is 16.0 Å². The van der Waals surface area contributed by atoms with Crippen molar-refractivity contribution in [2.24, 2.45) is 5.73 Å². The fraction of sp³-hybridized carbons (Fsp3) is 0.360. The molecular formula is C25H30N4O3. The Kier molecular flexibility index (Phi) is 6.75. The molecule has 1 aliphatic rings. The van der Waals surface area contributed by atoms with Crippen LogP contribution in [0.5, 0.6) is 5.75 Å². The van der Waals surface area contributed by atoms with Gasteiger partial charge in [-0.25, -0.2) is 0 Å². The summed E-state index contributed by atoms with van der Waals surface area (Å²) in [6, 6.07) is 16.3. The largest absolute Gasteiger partial charge is 0.497 e. The molecule has 1 aliphatic heterocycles. The summed E-state index contributed by atoms with van der Waals surface area (Å²) in [6.45, 7) is 1.84. The molecule has 4 N–H and O–H groups in total. The first-order chi connectivity index (χ1) is 15.5. The van der Waals surface area contributed by atoms with E-state index >= 15 is 0 Å². The number of aromatic nitrogens is 1. The molecule has 1 fully saturated rings. The van der Waals surface area contributed by atoms with E-state index in [4.69, 9.17) is 10.5 Å². The average molecular weight is 435 g/mol. The second kappa shape index (κ2) is 9.87. The summed E-state index contributed by atoms with van der Waals surface area (Å²) in [5, 5.41) is 4.31. The van der Waals surface area contributed by atoms with Crippen LogP contribution in [0.3, 0.4) is 0 Å². The van der Waals surface area contributed by atoms with Crippen molar-refractivity contribution < 1.29 is 14.3 Å². The van der Waals surface area contributed by atoms with Gasteiger partial charge in [0.2, 0.25) is 11.8 Å². The zero-order valence-corrected chi connectivity index (χ0v) is 18.4. The van der Waals surface area contributed by atoms with Gasteiger partial charge in [0.15, 0.2) is 0 Å². The number of aromatic amines is 1. The number of benzene rings is 2. The molecule has 0 atom stereocenters. The number of ether oxygens (including phenoxy) is 1. The van der Waals surface area contributed by atoms with E-state index < -0.39 is 0 Å². The van der Waals surface area contributed by atoms with E-state index in [-0.39, 0.29) is 24.4 Å². The van der Waals surface area contributed by atoms with E-state index in [1.165, 1.54) is 0 Å². The van der Waals surface area contributed by atoms with Gasteiger partial charge in [0.25, 0.3) is 0 Å². The smallest absolute Gasteiger partial charge is 0.231 e. The first kappa shape index (κ1) is 21.9. The fourth-order valence-electron chi connectivity index (χ4n) is 4.46. The quantitative estimate of drug-likeness (QED) is 0.507. The molecular weight excluding hydrogens is 404 g/mol. The Bertz CT molecular complexity index is 1080. The van der Waals surface area contributed by atoms with Crippen molar-refractivity contribution in [2.75, 3.05) is 26.7 Å². The van der Waals surface area contributed by atoms with E-state index in [0.717, 1.165) is 59.4 Å². The molecule has 4 rings (SSSR count). The number of likely N-dealkylation sites (tertiary alicyclic amines) is 1. The molecule has 0 bridgehead atoms. The molecule has 3 aromatic rings. The van der Waals surface area contributed by atoms with Gasteiger partial charge in [0.1, 0.15) is 5.75 Å². The predicted molar refractivity (Wildman–Crippen MR) is 125 cm³/mol. The first-order valence-electron chi connectivity index (χ1n) is 11.1. The zero-order valence-electron chi connectivity index (χ0n) is 18.4. The predicted octanol–water partition coefficient (Wildman–Crippen LogP) is 2.84. The number of methoxy groups -OCH3 is 1. The van der Waals surface area contributed by atoms with Gasteiger partial charge in [-0.15, -0.1) is 0 Å². The molecule has 0 saturated carbocycles. The SMILES string of the molecule is COc1ccc(-c2[nH]c3ccccc3c2CCC(=O)NC2CCN(CC(N)=O)CC2)cc1. The number of carbonyl (C=O) groups is 2. The minimum Gasteiger partial charge on any atom is -0.497 e. The number of nitrogens with zero attached hydrogens (tertiary/aromatic N) is 1. The van der Waals surface area contributed by atoms with Gasteiger partial charge < -0.3 is 20.8 Å². The number of fused-ring (bicyclic) bond motifs is 1. The van der Waals surface area contributed by atoms with Gasteiger partial charge in [-0.05, 0) is 60.7 Å². The Morgan fingerprint density at radius 1 is 1.12 bits per heavy atom. The number of primary amides is 1. The van der Waals surface area contributed by atoms with Crippen molar-refractivity contribution in [2.45, 2.75) is 31.7 Å². The second-order valence-corrected chi connectivity index (χ2v) is 8.34. The number of rotatable bonds is 8. The second-order valence-electron chi connectivity index (χ2n) is 8.34. The molecule has 0 aliphatic carbocycles. The van der Waals surface area contributed by atoms with Crippen LogP contribution >= 0.6 is 0 Å². The summed E-state index contributed by atoms with van der Waals surface area (Å²) in [7, 11) is 1.66. The number of carbonyl (C=O) groups excluding carboxylic acids is 2. The van der Waals surface area contributed by atoms with E-state index in [2.05, 4.69) is 22.4 Å². The number of para-hydroxylation sites is 1. The summed E-state index contributed by atoms with van der Waals surface area (Å²) < 4.78 is 5.28. The van der Waals surface area contributed by atoms with Gasteiger partial charge in [-0.2, -0.15) is 0 Å². The number of nitrogens with two attached hydrogens (primary N) is 1. The highest BCUT2D eigenvalue weighted by atomic mass is 16.5. The minimum atomic E-state index is -0.307. The molecule has 32 heavy (non-hydrogen) atoms. The van der Waals surface area contributed by atoms with Gasteiger partial charge in [-0.1, -0.05) is 18.2 Å². The minimum absolute atomic E-state index is 0.0595. The number of hydrogen-bond donors (Lipinski definition) is 3. The maximum atomic E-state index is 12.7. The highest BCUT2D eigenvalue weighted by Gasteiger charge is 2.22. The lowest BCUT2D eigenvalue weighted by atomic mass is 10.00. The fourth-order valence-corrected chi connectivity index (χ4v) is 4.46. The number of amides is 2. The summed E-state index contributed by atoms with van der Waals surface area (Å²) >= 11 is 0. The van der Waals surface area contributed by atoms with Crippen LogP contribution in [0.2, 0.25) is 0 Å². The Morgan fingerprint density at radius 3 is 2.53 bits per heavy atom. The number of H-pyrrole nitrogens is 1. The van der Waals surface area contributed by atoms with Gasteiger partial charge >= 0.3 is 0 Å². The molecule has 1 saturated heterocycles. The third-order valence-corrected chi connectivity index (χ3v) is 6.13. The standard InChI is InChI=1S/C25H30N4O3/c1-32-19-8-6-17(7-9-19)25-21(20-4-2-3-5-22(20)28-25)10-11-24(31)27-18-12-14-29(15-13-18)16-23(26)30/h2-9,18,28H,10-16H2,1H3,(H2,26,30)(H,27,31). The van der Waals surface area contributed by atoms with Gasteiger partial charge in [0, 0.05) is 42.1 Å². The van der Waals surface area contributed by atoms with E-state index in [9.17, 15) is 9.59 Å². The highest BCUT2D eigenvalue weighted by molar-refractivity contribution is 5.91.